The van der Waals surface area contributed by atoms with Crippen LogP contribution in [0.1, 0.15) is 25.3 Å². The summed E-state index contributed by atoms with van der Waals surface area (Å²) in [5.74, 6) is 0.840. The second kappa shape index (κ2) is 13.4. The number of methoxy groups -OCH3 is 1. The molecule has 2 aromatic rings. The van der Waals surface area contributed by atoms with Crippen LogP contribution in [0.3, 0.4) is 0 Å². The molecule has 0 radical (unpaired) electrons. The summed E-state index contributed by atoms with van der Waals surface area (Å²) in [6, 6.07) is 15.1. The van der Waals surface area contributed by atoms with Gasteiger partial charge in [0.1, 0.15) is 11.8 Å². The lowest BCUT2D eigenvalue weighted by Gasteiger charge is -2.21. The topological polar surface area (TPSA) is 113 Å². The van der Waals surface area contributed by atoms with Crippen molar-refractivity contribution in [1.82, 2.24) is 10.6 Å². The van der Waals surface area contributed by atoms with Crippen molar-refractivity contribution in [1.29, 1.82) is 5.26 Å². The molecule has 2 aliphatic rings. The second-order valence-corrected chi connectivity index (χ2v) is 9.75. The third kappa shape index (κ3) is 6.70. The number of hydrogen-bond acceptors (Lipinski definition) is 7. The van der Waals surface area contributed by atoms with Gasteiger partial charge in [-0.15, -0.1) is 0 Å². The summed E-state index contributed by atoms with van der Waals surface area (Å²) in [6.45, 7) is 4.89. The predicted octanol–water partition coefficient (Wildman–Crippen LogP) is 2.68. The lowest BCUT2D eigenvalue weighted by Crippen LogP contribution is -2.47. The molecule has 4 rings (SSSR count). The van der Waals surface area contributed by atoms with Gasteiger partial charge in [-0.1, -0.05) is 37.3 Å². The number of fused-ring (bicyclic) bond motifs is 1. The molecule has 9 nitrogen and oxygen atoms in total. The van der Waals surface area contributed by atoms with Crippen LogP contribution >= 0.6 is 0 Å². The van der Waals surface area contributed by atoms with E-state index in [-0.39, 0.29) is 18.0 Å². The van der Waals surface area contributed by atoms with E-state index in [1.807, 2.05) is 49.4 Å². The van der Waals surface area contributed by atoms with Crippen LogP contribution < -0.4 is 20.3 Å². The normalized spacial score (nSPS) is 20.8. The third-order valence-electron chi connectivity index (χ3n) is 7.11. The Bertz CT molecular complexity index is 1120. The molecule has 0 aromatic heterocycles. The molecular weight excluding hydrogens is 484 g/mol. The Morgan fingerprint density at radius 3 is 2.71 bits per heavy atom. The summed E-state index contributed by atoms with van der Waals surface area (Å²) in [5.41, 5.74) is 3.52. The van der Waals surface area contributed by atoms with Crippen LogP contribution in [-0.4, -0.2) is 70.5 Å². The highest BCUT2D eigenvalue weighted by Gasteiger charge is 2.40. The zero-order chi connectivity index (χ0) is 26.9. The lowest BCUT2D eigenvalue weighted by molar-refractivity contribution is -0.123. The highest BCUT2D eigenvalue weighted by Crippen LogP contribution is 2.33. The van der Waals surface area contributed by atoms with E-state index in [9.17, 15) is 14.9 Å². The molecule has 2 aliphatic heterocycles. The molecule has 2 saturated heterocycles. The molecule has 4 atom stereocenters. The van der Waals surface area contributed by atoms with Gasteiger partial charge in [-0.25, -0.2) is 0 Å². The number of rotatable bonds is 13. The first-order chi connectivity index (χ1) is 18.6. The van der Waals surface area contributed by atoms with Crippen molar-refractivity contribution in [3.63, 3.8) is 0 Å². The molecule has 0 bridgehead atoms. The Balaban J connectivity index is 1.39. The zero-order valence-corrected chi connectivity index (χ0v) is 22.0. The van der Waals surface area contributed by atoms with Gasteiger partial charge in [0.15, 0.2) is 0 Å². The largest absolute Gasteiger partial charge is 0.495 e. The van der Waals surface area contributed by atoms with E-state index >= 15 is 0 Å². The fraction of sp³-hybridized carbons (Fsp3) is 0.483. The Hall–Kier alpha value is -3.45. The van der Waals surface area contributed by atoms with E-state index in [0.717, 1.165) is 35.9 Å². The van der Waals surface area contributed by atoms with Crippen molar-refractivity contribution in [2.45, 2.75) is 44.3 Å². The van der Waals surface area contributed by atoms with E-state index in [4.69, 9.17) is 14.2 Å². The first-order valence-corrected chi connectivity index (χ1v) is 13.2. The molecular formula is C29H36N4O5. The van der Waals surface area contributed by atoms with Crippen molar-refractivity contribution in [2.24, 2.45) is 5.92 Å². The van der Waals surface area contributed by atoms with Gasteiger partial charge < -0.3 is 29.7 Å². The summed E-state index contributed by atoms with van der Waals surface area (Å²) < 4.78 is 16.5. The van der Waals surface area contributed by atoms with E-state index in [1.54, 1.807) is 12.0 Å². The van der Waals surface area contributed by atoms with Gasteiger partial charge in [0.25, 0.3) is 0 Å². The first-order valence-electron chi connectivity index (χ1n) is 13.2. The maximum Gasteiger partial charge on any atom is 0.238 e. The molecule has 9 heteroatoms. The Labute approximate surface area is 224 Å². The van der Waals surface area contributed by atoms with Crippen LogP contribution in [0.15, 0.2) is 42.5 Å². The molecule has 0 saturated carbocycles. The molecule has 2 aromatic carbocycles. The van der Waals surface area contributed by atoms with Gasteiger partial charge in [-0.05, 0) is 41.7 Å². The van der Waals surface area contributed by atoms with Crippen molar-refractivity contribution in [3.05, 3.63) is 48.0 Å². The highest BCUT2D eigenvalue weighted by atomic mass is 16.5. The van der Waals surface area contributed by atoms with Gasteiger partial charge in [0, 0.05) is 31.5 Å². The van der Waals surface area contributed by atoms with Gasteiger partial charge >= 0.3 is 0 Å². The lowest BCUT2D eigenvalue weighted by atomic mass is 9.99. The van der Waals surface area contributed by atoms with E-state index < -0.39 is 6.04 Å². The minimum absolute atomic E-state index is 0.131. The van der Waals surface area contributed by atoms with Gasteiger partial charge in [-0.2, -0.15) is 5.26 Å². The fourth-order valence-corrected chi connectivity index (χ4v) is 5.03. The second-order valence-electron chi connectivity index (χ2n) is 9.75. The molecule has 0 spiro atoms. The minimum Gasteiger partial charge on any atom is -0.495 e. The zero-order valence-electron chi connectivity index (χ0n) is 22.0. The summed E-state index contributed by atoms with van der Waals surface area (Å²) >= 11 is 0. The third-order valence-corrected chi connectivity index (χ3v) is 7.11. The first kappa shape index (κ1) is 27.6. The standard InChI is InChI=1S/C29H36N4O5/c1-3-11-37-12-10-33(19-34)27-15-22(8-9-28(27)36-2)21-6-4-20(5-7-21)13-24(16-30)31-29(35)25-14-23-17-38-18-26(23)32-25/h4-9,15,19,23-26,32H,3,10-14,17-18H2,1-2H3,(H,31,35). The summed E-state index contributed by atoms with van der Waals surface area (Å²) in [4.78, 5) is 26.1. The van der Waals surface area contributed by atoms with Gasteiger partial charge in [-0.3, -0.25) is 9.59 Å². The molecule has 38 heavy (non-hydrogen) atoms. The van der Waals surface area contributed by atoms with Crippen LogP contribution in [0.4, 0.5) is 5.69 Å². The quantitative estimate of drug-likeness (QED) is 0.308. The number of nitriles is 1. The van der Waals surface area contributed by atoms with Crippen molar-refractivity contribution >= 4 is 18.0 Å². The molecule has 202 valence electrons. The molecule has 2 heterocycles. The number of benzene rings is 2. The maximum atomic E-state index is 12.7. The summed E-state index contributed by atoms with van der Waals surface area (Å²) in [5, 5.41) is 15.9. The number of hydrogen-bond donors (Lipinski definition) is 2. The predicted molar refractivity (Wildman–Crippen MR) is 144 cm³/mol. The number of amides is 2. The SMILES string of the molecule is CCCOCCN(C=O)c1cc(-c2ccc(CC(C#N)NC(=O)C3CC4COCC4N3)cc2)ccc1OC. The van der Waals surface area contributed by atoms with Crippen LogP contribution in [-0.2, 0) is 25.5 Å². The van der Waals surface area contributed by atoms with Crippen LogP contribution in [0.2, 0.25) is 0 Å². The Morgan fingerprint density at radius 2 is 2.03 bits per heavy atom. The smallest absolute Gasteiger partial charge is 0.238 e. The van der Waals surface area contributed by atoms with Gasteiger partial charge in [0.05, 0.1) is 44.7 Å². The number of nitrogens with zero attached hydrogens (tertiary/aromatic N) is 2. The molecule has 2 N–H and O–H groups in total. The monoisotopic (exact) mass is 520 g/mol. The Kier molecular flexibility index (Phi) is 9.71. The summed E-state index contributed by atoms with van der Waals surface area (Å²) in [6.07, 6.45) is 2.86. The van der Waals surface area contributed by atoms with E-state index in [0.29, 0.717) is 56.7 Å². The van der Waals surface area contributed by atoms with Gasteiger partial charge in [0.2, 0.25) is 12.3 Å². The average molecular weight is 521 g/mol. The number of carbonyl (C=O) groups excluding carboxylic acids is 2. The van der Waals surface area contributed by atoms with E-state index in [2.05, 4.69) is 16.7 Å². The van der Waals surface area contributed by atoms with Crippen LogP contribution in [0.5, 0.6) is 5.75 Å². The highest BCUT2D eigenvalue weighted by molar-refractivity contribution is 5.83. The number of anilines is 1. The van der Waals surface area contributed by atoms with Crippen LogP contribution in [0.25, 0.3) is 11.1 Å². The number of carbonyl (C=O) groups is 2. The van der Waals surface area contributed by atoms with Crippen molar-refractivity contribution in [3.8, 4) is 22.9 Å². The number of nitrogens with one attached hydrogen (secondary N) is 2. The fourth-order valence-electron chi connectivity index (χ4n) is 5.03. The van der Waals surface area contributed by atoms with Crippen molar-refractivity contribution in [2.75, 3.05) is 45.0 Å². The number of ether oxygens (including phenoxy) is 3. The molecule has 2 fully saturated rings. The summed E-state index contributed by atoms with van der Waals surface area (Å²) in [7, 11) is 1.58. The Morgan fingerprint density at radius 1 is 1.24 bits per heavy atom. The maximum absolute atomic E-state index is 12.7. The van der Waals surface area contributed by atoms with Crippen LogP contribution in [0, 0.1) is 17.2 Å². The molecule has 4 unspecified atom stereocenters. The molecule has 0 aliphatic carbocycles. The van der Waals surface area contributed by atoms with Crippen molar-refractivity contribution < 1.29 is 23.8 Å². The minimum atomic E-state index is -0.615. The average Bonchev–Trinajstić information content (AvgIpc) is 3.56. The molecule has 2 amide bonds. The van der Waals surface area contributed by atoms with E-state index in [1.165, 1.54) is 0 Å².